The molecule has 0 radical (unpaired) electrons. The van der Waals surface area contributed by atoms with Crippen LogP contribution in [0.3, 0.4) is 0 Å². The van der Waals surface area contributed by atoms with Gasteiger partial charge in [0.05, 0.1) is 12.3 Å². The topological polar surface area (TPSA) is 92.2 Å². The average Bonchev–Trinajstić information content (AvgIpc) is 2.78. The summed E-state index contributed by atoms with van der Waals surface area (Å²) in [5.41, 5.74) is 1.44. The van der Waals surface area contributed by atoms with Crippen molar-refractivity contribution in [1.82, 2.24) is 9.97 Å². The van der Waals surface area contributed by atoms with Crippen molar-refractivity contribution in [2.75, 3.05) is 4.72 Å². The van der Waals surface area contributed by atoms with Crippen molar-refractivity contribution in [3.8, 4) is 0 Å². The lowest BCUT2D eigenvalue weighted by atomic mass is 10.3. The van der Waals surface area contributed by atoms with Crippen molar-refractivity contribution in [2.24, 2.45) is 0 Å². The molecule has 2 aromatic heterocycles. The van der Waals surface area contributed by atoms with Crippen molar-refractivity contribution >= 4 is 26.5 Å². The monoisotopic (exact) mass is 313 g/mol. The minimum Gasteiger partial charge on any atom is -0.392 e. The maximum atomic E-state index is 12.1. The highest BCUT2D eigenvalue weighted by Gasteiger charge is 2.18. The summed E-state index contributed by atoms with van der Waals surface area (Å²) in [6.45, 7) is 3.70. The van der Waals surface area contributed by atoms with Crippen LogP contribution in [0.4, 0.5) is 5.13 Å². The predicted molar refractivity (Wildman–Crippen MR) is 77.2 cm³/mol. The average molecular weight is 313 g/mol. The molecule has 8 heteroatoms. The summed E-state index contributed by atoms with van der Waals surface area (Å²) >= 11 is 1.30. The summed E-state index contributed by atoms with van der Waals surface area (Å²) in [6, 6.07) is 2.88. The minimum atomic E-state index is -3.74. The van der Waals surface area contributed by atoms with E-state index < -0.39 is 10.0 Å². The van der Waals surface area contributed by atoms with Crippen LogP contribution < -0.4 is 4.72 Å². The van der Waals surface area contributed by atoms with Crippen LogP contribution in [0.5, 0.6) is 0 Å². The van der Waals surface area contributed by atoms with Crippen LogP contribution in [-0.2, 0) is 23.1 Å². The van der Waals surface area contributed by atoms with Crippen LogP contribution in [0.2, 0.25) is 0 Å². The second kappa shape index (κ2) is 5.86. The molecule has 0 spiro atoms. The number of anilines is 1. The maximum Gasteiger partial charge on any atom is 0.281 e. The van der Waals surface area contributed by atoms with Crippen LogP contribution in [0.1, 0.15) is 23.1 Å². The Morgan fingerprint density at radius 3 is 2.65 bits per heavy atom. The van der Waals surface area contributed by atoms with E-state index in [0.29, 0.717) is 10.7 Å². The van der Waals surface area contributed by atoms with Crippen LogP contribution >= 0.6 is 11.3 Å². The summed E-state index contributed by atoms with van der Waals surface area (Å²) < 4.78 is 26.7. The van der Waals surface area contributed by atoms with Gasteiger partial charge in [-0.1, -0.05) is 13.0 Å². The Hall–Kier alpha value is -1.51. The molecule has 0 unspecified atom stereocenters. The molecular formula is C12H15N3O3S2. The number of sulfonamides is 1. The SMILES string of the molecule is CCc1nc(NS(=O)(=O)c2ccc(CO)cn2)sc1C. The van der Waals surface area contributed by atoms with E-state index >= 15 is 0 Å². The molecule has 0 aliphatic carbocycles. The van der Waals surface area contributed by atoms with Gasteiger partial charge in [-0.2, -0.15) is 8.42 Å². The molecular weight excluding hydrogens is 298 g/mol. The Balaban J connectivity index is 2.25. The third-order valence-corrected chi connectivity index (χ3v) is 5.02. The second-order valence-corrected chi connectivity index (χ2v) is 6.98. The molecule has 0 atom stereocenters. The minimum absolute atomic E-state index is 0.0967. The number of thiazole rings is 1. The molecule has 108 valence electrons. The zero-order chi connectivity index (χ0) is 14.8. The summed E-state index contributed by atoms with van der Waals surface area (Å²) in [4.78, 5) is 9.06. The van der Waals surface area contributed by atoms with E-state index in [1.165, 1.54) is 29.7 Å². The first kappa shape index (κ1) is 14.9. The van der Waals surface area contributed by atoms with E-state index in [1.54, 1.807) is 0 Å². The molecule has 0 bridgehead atoms. The first-order valence-corrected chi connectivity index (χ1v) is 8.31. The van der Waals surface area contributed by atoms with Crippen molar-refractivity contribution in [3.63, 3.8) is 0 Å². The molecule has 0 aliphatic rings. The van der Waals surface area contributed by atoms with Gasteiger partial charge in [0.1, 0.15) is 0 Å². The zero-order valence-electron chi connectivity index (χ0n) is 11.1. The Morgan fingerprint density at radius 1 is 1.40 bits per heavy atom. The number of aryl methyl sites for hydroxylation is 2. The Labute approximate surface area is 121 Å². The van der Waals surface area contributed by atoms with E-state index in [2.05, 4.69) is 14.7 Å². The Bertz CT molecular complexity index is 693. The number of nitrogens with zero attached hydrogens (tertiary/aromatic N) is 2. The van der Waals surface area contributed by atoms with E-state index in [-0.39, 0.29) is 11.6 Å². The molecule has 0 aliphatic heterocycles. The molecule has 2 N–H and O–H groups in total. The van der Waals surface area contributed by atoms with Crippen LogP contribution in [0.25, 0.3) is 0 Å². The van der Waals surface area contributed by atoms with Gasteiger partial charge in [-0.25, -0.2) is 9.97 Å². The highest BCUT2D eigenvalue weighted by Crippen LogP contribution is 2.24. The number of hydrogen-bond donors (Lipinski definition) is 2. The highest BCUT2D eigenvalue weighted by atomic mass is 32.2. The number of nitrogens with one attached hydrogen (secondary N) is 1. The number of hydrogen-bond acceptors (Lipinski definition) is 6. The largest absolute Gasteiger partial charge is 0.392 e. The second-order valence-electron chi connectivity index (χ2n) is 4.14. The molecule has 0 saturated carbocycles. The number of rotatable bonds is 5. The van der Waals surface area contributed by atoms with Gasteiger partial charge in [0.15, 0.2) is 10.2 Å². The fourth-order valence-electron chi connectivity index (χ4n) is 1.63. The van der Waals surface area contributed by atoms with Crippen molar-refractivity contribution in [1.29, 1.82) is 0 Å². The first-order valence-electron chi connectivity index (χ1n) is 6.01. The van der Waals surface area contributed by atoms with Crippen molar-refractivity contribution < 1.29 is 13.5 Å². The smallest absolute Gasteiger partial charge is 0.281 e. The molecule has 2 heterocycles. The van der Waals surface area contributed by atoms with Crippen molar-refractivity contribution in [2.45, 2.75) is 31.9 Å². The van der Waals surface area contributed by atoms with Gasteiger partial charge < -0.3 is 5.11 Å². The summed E-state index contributed by atoms with van der Waals surface area (Å²) in [7, 11) is -3.74. The van der Waals surface area contributed by atoms with Gasteiger partial charge in [-0.3, -0.25) is 4.72 Å². The Kier molecular flexibility index (Phi) is 4.36. The fourth-order valence-corrected chi connectivity index (χ4v) is 3.70. The summed E-state index contributed by atoms with van der Waals surface area (Å²) in [6.07, 6.45) is 2.09. The van der Waals surface area contributed by atoms with Gasteiger partial charge >= 0.3 is 0 Å². The Morgan fingerprint density at radius 2 is 2.15 bits per heavy atom. The lowest BCUT2D eigenvalue weighted by Crippen LogP contribution is -2.14. The van der Waals surface area contributed by atoms with Gasteiger partial charge in [0.25, 0.3) is 10.0 Å². The lowest BCUT2D eigenvalue weighted by Gasteiger charge is -2.04. The lowest BCUT2D eigenvalue weighted by molar-refractivity contribution is 0.281. The molecule has 0 fully saturated rings. The van der Waals surface area contributed by atoms with Gasteiger partial charge in [-0.05, 0) is 25.0 Å². The molecule has 0 amide bonds. The fraction of sp³-hybridized carbons (Fsp3) is 0.333. The number of pyridine rings is 1. The van der Waals surface area contributed by atoms with Crippen LogP contribution in [-0.4, -0.2) is 23.5 Å². The van der Waals surface area contributed by atoms with E-state index in [9.17, 15) is 8.42 Å². The first-order chi connectivity index (χ1) is 9.46. The van der Waals surface area contributed by atoms with Gasteiger partial charge in [0.2, 0.25) is 0 Å². The molecule has 6 nitrogen and oxygen atoms in total. The number of aliphatic hydroxyl groups excluding tert-OH is 1. The van der Waals surface area contributed by atoms with Gasteiger partial charge in [0, 0.05) is 11.1 Å². The highest BCUT2D eigenvalue weighted by molar-refractivity contribution is 7.92. The van der Waals surface area contributed by atoms with Gasteiger partial charge in [-0.15, -0.1) is 11.3 Å². The third-order valence-electron chi connectivity index (χ3n) is 2.70. The number of aliphatic hydroxyl groups is 1. The third kappa shape index (κ3) is 3.14. The predicted octanol–water partition coefficient (Wildman–Crippen LogP) is 1.70. The quantitative estimate of drug-likeness (QED) is 0.876. The molecule has 2 aromatic rings. The normalized spacial score (nSPS) is 11.6. The number of aromatic nitrogens is 2. The summed E-state index contributed by atoms with van der Waals surface area (Å²) in [5.74, 6) is 0. The molecule has 2 rings (SSSR count). The van der Waals surface area contributed by atoms with Crippen molar-refractivity contribution in [3.05, 3.63) is 34.5 Å². The molecule has 0 aromatic carbocycles. The molecule has 0 saturated heterocycles. The molecule has 20 heavy (non-hydrogen) atoms. The zero-order valence-corrected chi connectivity index (χ0v) is 12.8. The summed E-state index contributed by atoms with van der Waals surface area (Å²) in [5, 5.41) is 9.16. The van der Waals surface area contributed by atoms with E-state index in [4.69, 9.17) is 5.11 Å². The standard InChI is InChI=1S/C12H15N3O3S2/c1-3-10-8(2)19-12(14-10)15-20(17,18)11-5-4-9(7-16)6-13-11/h4-6,16H,3,7H2,1-2H3,(H,14,15). The maximum absolute atomic E-state index is 12.1. The van der Waals surface area contributed by atoms with Crippen LogP contribution in [0.15, 0.2) is 23.4 Å². The van der Waals surface area contributed by atoms with E-state index in [1.807, 2.05) is 13.8 Å². The van der Waals surface area contributed by atoms with E-state index in [0.717, 1.165) is 17.0 Å². The van der Waals surface area contributed by atoms with Crippen LogP contribution in [0, 0.1) is 6.92 Å².